The highest BCUT2D eigenvalue weighted by Gasteiger charge is 2.29. The van der Waals surface area contributed by atoms with Gasteiger partial charge in [0.2, 0.25) is 11.0 Å². The van der Waals surface area contributed by atoms with Gasteiger partial charge < -0.3 is 16.4 Å². The fourth-order valence-electron chi connectivity index (χ4n) is 2.67. The van der Waals surface area contributed by atoms with E-state index in [4.69, 9.17) is 5.73 Å². The van der Waals surface area contributed by atoms with Gasteiger partial charge in [-0.15, -0.1) is 10.2 Å². The average Bonchev–Trinajstić information content (AvgIpc) is 3.05. The van der Waals surface area contributed by atoms with E-state index in [9.17, 15) is 9.59 Å². The van der Waals surface area contributed by atoms with Crippen LogP contribution in [0.5, 0.6) is 0 Å². The summed E-state index contributed by atoms with van der Waals surface area (Å²) < 4.78 is 0. The fourth-order valence-corrected chi connectivity index (χ4v) is 3.67. The van der Waals surface area contributed by atoms with Crippen LogP contribution in [0, 0.1) is 5.92 Å². The predicted octanol–water partition coefficient (Wildman–Crippen LogP) is 1.17. The number of hydrogen-bond acceptors (Lipinski definition) is 6. The van der Waals surface area contributed by atoms with Crippen molar-refractivity contribution in [2.45, 2.75) is 38.5 Å². The molecule has 4 N–H and O–H groups in total. The number of carbonyl (C=O) groups excluding carboxylic acids is 2. The molecule has 1 aromatic heterocycles. The molecule has 1 aliphatic rings. The van der Waals surface area contributed by atoms with Gasteiger partial charge in [-0.2, -0.15) is 0 Å². The minimum absolute atomic E-state index is 0.120. The number of rotatable bonds is 6. The SMILES string of the molecule is CC(=O)Nc1nnc([C@H]2CC[C@@H](CC(=O)CNC(N)=S)C2)s1. The molecule has 7 nitrogen and oxygen atoms in total. The van der Waals surface area contributed by atoms with Crippen molar-refractivity contribution >= 4 is 45.5 Å². The first-order chi connectivity index (χ1) is 10.4. The summed E-state index contributed by atoms with van der Waals surface area (Å²) >= 11 is 6.09. The molecule has 0 unspecified atom stereocenters. The zero-order chi connectivity index (χ0) is 16.1. The zero-order valence-corrected chi connectivity index (χ0v) is 13.9. The van der Waals surface area contributed by atoms with Crippen LogP contribution in [-0.2, 0) is 9.59 Å². The highest BCUT2D eigenvalue weighted by atomic mass is 32.1. The Bertz CT molecular complexity index is 575. The Balaban J connectivity index is 1.82. The fraction of sp³-hybridized carbons (Fsp3) is 0.615. The van der Waals surface area contributed by atoms with Gasteiger partial charge >= 0.3 is 0 Å². The first-order valence-electron chi connectivity index (χ1n) is 7.10. The topological polar surface area (TPSA) is 110 Å². The van der Waals surface area contributed by atoms with Crippen molar-refractivity contribution in [2.75, 3.05) is 11.9 Å². The van der Waals surface area contributed by atoms with E-state index in [0.29, 0.717) is 23.4 Å². The summed E-state index contributed by atoms with van der Waals surface area (Å²) in [6.07, 6.45) is 3.45. The number of nitrogens with two attached hydrogens (primary N) is 1. The normalized spacial score (nSPS) is 20.6. The maximum absolute atomic E-state index is 11.8. The van der Waals surface area contributed by atoms with Crippen LogP contribution in [0.1, 0.15) is 43.5 Å². The Hall–Kier alpha value is -1.61. The van der Waals surface area contributed by atoms with E-state index in [-0.39, 0.29) is 23.3 Å². The van der Waals surface area contributed by atoms with Crippen LogP contribution in [0.3, 0.4) is 0 Å². The van der Waals surface area contributed by atoms with Gasteiger partial charge in [0.15, 0.2) is 10.9 Å². The minimum atomic E-state index is -0.150. The maximum Gasteiger partial charge on any atom is 0.223 e. The van der Waals surface area contributed by atoms with E-state index in [1.54, 1.807) is 0 Å². The molecule has 0 spiro atoms. The molecule has 9 heteroatoms. The molecule has 1 aliphatic carbocycles. The molecular formula is C13H19N5O2S2. The molecule has 120 valence electrons. The van der Waals surface area contributed by atoms with Crippen molar-refractivity contribution in [3.05, 3.63) is 5.01 Å². The van der Waals surface area contributed by atoms with E-state index in [1.165, 1.54) is 18.3 Å². The third-order valence-corrected chi connectivity index (χ3v) is 4.74. The van der Waals surface area contributed by atoms with E-state index >= 15 is 0 Å². The summed E-state index contributed by atoms with van der Waals surface area (Å²) in [6.45, 7) is 1.64. The van der Waals surface area contributed by atoms with Gasteiger partial charge in [0.25, 0.3) is 0 Å². The molecule has 0 saturated heterocycles. The number of Topliss-reactive ketones (excluding diaryl/α,β-unsaturated/α-hetero) is 1. The summed E-state index contributed by atoms with van der Waals surface area (Å²) in [7, 11) is 0. The first-order valence-corrected chi connectivity index (χ1v) is 8.32. The number of thiocarbonyl (C=S) groups is 1. The molecule has 2 rings (SSSR count). The van der Waals surface area contributed by atoms with Gasteiger partial charge in [0, 0.05) is 19.3 Å². The Morgan fingerprint density at radius 2 is 2.18 bits per heavy atom. The number of hydrogen-bond donors (Lipinski definition) is 3. The predicted molar refractivity (Wildman–Crippen MR) is 88.7 cm³/mol. The van der Waals surface area contributed by atoms with Gasteiger partial charge in [-0.3, -0.25) is 9.59 Å². The van der Waals surface area contributed by atoms with Gasteiger partial charge in [0.05, 0.1) is 6.54 Å². The number of nitrogens with one attached hydrogen (secondary N) is 2. The van der Waals surface area contributed by atoms with Gasteiger partial charge in [-0.05, 0) is 37.4 Å². The molecule has 1 heterocycles. The second kappa shape index (κ2) is 7.59. The molecule has 0 radical (unpaired) electrons. The van der Waals surface area contributed by atoms with E-state index in [1.807, 2.05) is 0 Å². The standard InChI is InChI=1S/C13H19N5O2S2/c1-7(19)16-13-18-17-11(22-13)9-3-2-8(4-9)5-10(20)6-15-12(14)21/h8-9H,2-6H2,1H3,(H3,14,15,21)(H,16,18,19)/t8-,9+/m1/s1. The van der Waals surface area contributed by atoms with E-state index in [0.717, 1.165) is 24.3 Å². The minimum Gasteiger partial charge on any atom is -0.376 e. The van der Waals surface area contributed by atoms with Crippen LogP contribution in [0.25, 0.3) is 0 Å². The summed E-state index contributed by atoms with van der Waals surface area (Å²) in [4.78, 5) is 22.8. The number of amides is 1. The van der Waals surface area contributed by atoms with Crippen LogP contribution in [0.2, 0.25) is 0 Å². The monoisotopic (exact) mass is 341 g/mol. The summed E-state index contributed by atoms with van der Waals surface area (Å²) in [5.41, 5.74) is 5.31. The molecule has 22 heavy (non-hydrogen) atoms. The largest absolute Gasteiger partial charge is 0.376 e. The molecule has 2 atom stereocenters. The van der Waals surface area contributed by atoms with Crippen molar-refractivity contribution in [1.82, 2.24) is 15.5 Å². The molecular weight excluding hydrogens is 322 g/mol. The van der Waals surface area contributed by atoms with Gasteiger partial charge in [0.1, 0.15) is 5.01 Å². The molecule has 1 aromatic rings. The van der Waals surface area contributed by atoms with Gasteiger partial charge in [-0.25, -0.2) is 0 Å². The molecule has 1 amide bonds. The lowest BCUT2D eigenvalue weighted by Crippen LogP contribution is -2.34. The lowest BCUT2D eigenvalue weighted by Gasteiger charge is -2.09. The van der Waals surface area contributed by atoms with Crippen LogP contribution in [0.4, 0.5) is 5.13 Å². The first kappa shape index (κ1) is 16.8. The summed E-state index contributed by atoms with van der Waals surface area (Å²) in [6, 6.07) is 0. The van der Waals surface area contributed by atoms with Crippen molar-refractivity contribution in [2.24, 2.45) is 11.7 Å². The number of ketones is 1. The Kier molecular flexibility index (Phi) is 5.78. The van der Waals surface area contributed by atoms with Crippen molar-refractivity contribution < 1.29 is 9.59 Å². The Labute approximate surface area is 138 Å². The molecule has 1 saturated carbocycles. The molecule has 1 fully saturated rings. The highest BCUT2D eigenvalue weighted by molar-refractivity contribution is 7.80. The average molecular weight is 341 g/mol. The lowest BCUT2D eigenvalue weighted by molar-refractivity contribution is -0.119. The zero-order valence-electron chi connectivity index (χ0n) is 12.3. The van der Waals surface area contributed by atoms with E-state index < -0.39 is 0 Å². The number of aromatic nitrogens is 2. The lowest BCUT2D eigenvalue weighted by atomic mass is 9.99. The van der Waals surface area contributed by atoms with Crippen LogP contribution in [0.15, 0.2) is 0 Å². The van der Waals surface area contributed by atoms with Crippen molar-refractivity contribution in [3.63, 3.8) is 0 Å². The van der Waals surface area contributed by atoms with Gasteiger partial charge in [-0.1, -0.05) is 11.3 Å². The number of anilines is 1. The van der Waals surface area contributed by atoms with Crippen molar-refractivity contribution in [3.8, 4) is 0 Å². The van der Waals surface area contributed by atoms with Crippen LogP contribution in [-0.4, -0.2) is 33.5 Å². The third kappa shape index (κ3) is 4.99. The molecule has 0 aliphatic heterocycles. The quantitative estimate of drug-likeness (QED) is 0.666. The third-order valence-electron chi connectivity index (χ3n) is 3.59. The Morgan fingerprint density at radius 1 is 1.41 bits per heavy atom. The summed E-state index contributed by atoms with van der Waals surface area (Å²) in [5.74, 6) is 0.651. The second-order valence-corrected chi connectivity index (χ2v) is 6.91. The second-order valence-electron chi connectivity index (χ2n) is 5.46. The smallest absolute Gasteiger partial charge is 0.223 e. The van der Waals surface area contributed by atoms with Crippen LogP contribution >= 0.6 is 23.6 Å². The molecule has 0 bridgehead atoms. The number of nitrogens with zero attached hydrogens (tertiary/aromatic N) is 2. The summed E-state index contributed by atoms with van der Waals surface area (Å²) in [5, 5.41) is 15.0. The molecule has 0 aromatic carbocycles. The van der Waals surface area contributed by atoms with Crippen LogP contribution < -0.4 is 16.4 Å². The van der Waals surface area contributed by atoms with Crippen molar-refractivity contribution in [1.29, 1.82) is 0 Å². The maximum atomic E-state index is 11.8. The Morgan fingerprint density at radius 3 is 2.86 bits per heavy atom. The highest BCUT2D eigenvalue weighted by Crippen LogP contribution is 2.41. The number of carbonyl (C=O) groups is 2. The van der Waals surface area contributed by atoms with E-state index in [2.05, 4.69) is 33.0 Å².